The standard InChI is InChI=1S/C17H18N2O/c1-2-14(12-18)17(20)19-10-9-13-7-8-15-5-3-4-6-16(15)11-13/h3-8,11,14H,2,9-10H2,1H3,(H,19,20). The third-order valence-corrected chi connectivity index (χ3v) is 3.41. The molecule has 1 atom stereocenters. The summed E-state index contributed by atoms with van der Waals surface area (Å²) in [6.07, 6.45) is 1.33. The number of carbonyl (C=O) groups is 1. The maximum absolute atomic E-state index is 11.7. The van der Waals surface area contributed by atoms with Gasteiger partial charge in [-0.1, -0.05) is 49.4 Å². The molecule has 1 unspecified atom stereocenters. The number of hydrogen-bond donors (Lipinski definition) is 1. The molecule has 2 aromatic rings. The monoisotopic (exact) mass is 266 g/mol. The first-order valence-electron chi connectivity index (χ1n) is 6.89. The molecule has 0 aromatic heterocycles. The molecule has 2 rings (SSSR count). The van der Waals surface area contributed by atoms with E-state index in [1.165, 1.54) is 16.3 Å². The van der Waals surface area contributed by atoms with Crippen molar-refractivity contribution in [3.8, 4) is 6.07 Å². The van der Waals surface area contributed by atoms with Crippen molar-refractivity contribution in [3.05, 3.63) is 48.0 Å². The number of carbonyl (C=O) groups excluding carboxylic acids is 1. The van der Waals surface area contributed by atoms with Crippen LogP contribution in [-0.4, -0.2) is 12.5 Å². The minimum absolute atomic E-state index is 0.171. The highest BCUT2D eigenvalue weighted by molar-refractivity contribution is 5.83. The Morgan fingerprint density at radius 3 is 2.70 bits per heavy atom. The fraction of sp³-hybridized carbons (Fsp3) is 0.294. The van der Waals surface area contributed by atoms with Gasteiger partial charge in [-0.25, -0.2) is 0 Å². The Kier molecular flexibility index (Phi) is 4.73. The van der Waals surface area contributed by atoms with Gasteiger partial charge in [0.15, 0.2) is 0 Å². The van der Waals surface area contributed by atoms with Crippen LogP contribution in [0.2, 0.25) is 0 Å². The van der Waals surface area contributed by atoms with Gasteiger partial charge in [0.25, 0.3) is 0 Å². The lowest BCUT2D eigenvalue weighted by Gasteiger charge is -2.08. The van der Waals surface area contributed by atoms with Crippen LogP contribution in [0.15, 0.2) is 42.5 Å². The molecule has 3 nitrogen and oxygen atoms in total. The Morgan fingerprint density at radius 2 is 2.00 bits per heavy atom. The zero-order valence-corrected chi connectivity index (χ0v) is 11.6. The van der Waals surface area contributed by atoms with Gasteiger partial charge in [0.2, 0.25) is 5.91 Å². The number of nitriles is 1. The van der Waals surface area contributed by atoms with Crippen molar-refractivity contribution >= 4 is 16.7 Å². The normalized spacial score (nSPS) is 11.8. The van der Waals surface area contributed by atoms with E-state index in [1.807, 2.05) is 25.1 Å². The lowest BCUT2D eigenvalue weighted by atomic mass is 10.0. The Hall–Kier alpha value is -2.34. The third-order valence-electron chi connectivity index (χ3n) is 3.41. The number of rotatable bonds is 5. The fourth-order valence-corrected chi connectivity index (χ4v) is 2.18. The predicted octanol–water partition coefficient (Wildman–Crippen LogP) is 3.05. The number of nitrogens with zero attached hydrogens (tertiary/aromatic N) is 1. The third kappa shape index (κ3) is 3.36. The lowest BCUT2D eigenvalue weighted by molar-refractivity contribution is -0.123. The second-order valence-electron chi connectivity index (χ2n) is 4.81. The quantitative estimate of drug-likeness (QED) is 0.904. The van der Waals surface area contributed by atoms with Gasteiger partial charge < -0.3 is 5.32 Å². The van der Waals surface area contributed by atoms with Crippen LogP contribution in [0, 0.1) is 17.2 Å². The average Bonchev–Trinajstić information content (AvgIpc) is 2.48. The van der Waals surface area contributed by atoms with Crippen LogP contribution < -0.4 is 5.32 Å². The van der Waals surface area contributed by atoms with Crippen LogP contribution in [-0.2, 0) is 11.2 Å². The summed E-state index contributed by atoms with van der Waals surface area (Å²) >= 11 is 0. The topological polar surface area (TPSA) is 52.9 Å². The minimum atomic E-state index is -0.536. The molecule has 0 bridgehead atoms. The highest BCUT2D eigenvalue weighted by Gasteiger charge is 2.14. The average molecular weight is 266 g/mol. The van der Waals surface area contributed by atoms with Crippen LogP contribution in [0.3, 0.4) is 0 Å². The summed E-state index contributed by atoms with van der Waals surface area (Å²) < 4.78 is 0. The van der Waals surface area contributed by atoms with Gasteiger partial charge in [-0.2, -0.15) is 5.26 Å². The number of nitrogens with one attached hydrogen (secondary N) is 1. The van der Waals surface area contributed by atoms with E-state index in [4.69, 9.17) is 5.26 Å². The molecule has 0 saturated carbocycles. The van der Waals surface area contributed by atoms with Crippen LogP contribution in [0.1, 0.15) is 18.9 Å². The van der Waals surface area contributed by atoms with Crippen LogP contribution in [0.5, 0.6) is 0 Å². The first kappa shape index (κ1) is 14.1. The second kappa shape index (κ2) is 6.72. The Morgan fingerprint density at radius 1 is 1.25 bits per heavy atom. The van der Waals surface area contributed by atoms with Crippen molar-refractivity contribution < 1.29 is 4.79 Å². The van der Waals surface area contributed by atoms with Crippen LogP contribution in [0.4, 0.5) is 0 Å². The summed E-state index contributed by atoms with van der Waals surface area (Å²) in [5, 5.41) is 14.1. The molecule has 102 valence electrons. The lowest BCUT2D eigenvalue weighted by Crippen LogP contribution is -2.31. The molecule has 1 amide bonds. The molecular weight excluding hydrogens is 248 g/mol. The van der Waals surface area contributed by atoms with E-state index >= 15 is 0 Å². The van der Waals surface area contributed by atoms with Crippen molar-refractivity contribution in [2.45, 2.75) is 19.8 Å². The summed E-state index contributed by atoms with van der Waals surface area (Å²) in [7, 11) is 0. The Balaban J connectivity index is 1.93. The SMILES string of the molecule is CCC(C#N)C(=O)NCCc1ccc2ccccc2c1. The summed E-state index contributed by atoms with van der Waals surface area (Å²) in [5.74, 6) is -0.706. The first-order valence-corrected chi connectivity index (χ1v) is 6.89. The fourth-order valence-electron chi connectivity index (χ4n) is 2.18. The van der Waals surface area contributed by atoms with E-state index in [0.29, 0.717) is 13.0 Å². The van der Waals surface area contributed by atoms with Gasteiger partial charge in [0.05, 0.1) is 6.07 Å². The molecule has 2 aromatic carbocycles. The summed E-state index contributed by atoms with van der Waals surface area (Å²) in [5.41, 5.74) is 1.19. The molecule has 20 heavy (non-hydrogen) atoms. The van der Waals surface area contributed by atoms with E-state index in [0.717, 1.165) is 6.42 Å². The van der Waals surface area contributed by atoms with Gasteiger partial charge in [0.1, 0.15) is 5.92 Å². The van der Waals surface area contributed by atoms with E-state index < -0.39 is 5.92 Å². The summed E-state index contributed by atoms with van der Waals surface area (Å²) in [6.45, 7) is 2.41. The van der Waals surface area contributed by atoms with Crippen molar-refractivity contribution in [3.63, 3.8) is 0 Å². The van der Waals surface area contributed by atoms with Crippen molar-refractivity contribution in [1.82, 2.24) is 5.32 Å². The maximum atomic E-state index is 11.7. The second-order valence-corrected chi connectivity index (χ2v) is 4.81. The van der Waals surface area contributed by atoms with Gasteiger partial charge >= 0.3 is 0 Å². The number of amides is 1. The molecule has 0 aliphatic heterocycles. The zero-order chi connectivity index (χ0) is 14.4. The van der Waals surface area contributed by atoms with E-state index in [9.17, 15) is 4.79 Å². The van der Waals surface area contributed by atoms with Crippen molar-refractivity contribution in [2.75, 3.05) is 6.54 Å². The molecule has 0 heterocycles. The molecular formula is C17H18N2O. The van der Waals surface area contributed by atoms with Crippen molar-refractivity contribution in [1.29, 1.82) is 5.26 Å². The molecule has 0 radical (unpaired) electrons. The predicted molar refractivity (Wildman–Crippen MR) is 80.1 cm³/mol. The maximum Gasteiger partial charge on any atom is 0.237 e. The molecule has 1 N–H and O–H groups in total. The van der Waals surface area contributed by atoms with E-state index in [1.54, 1.807) is 0 Å². The molecule has 0 saturated heterocycles. The molecule has 0 aliphatic carbocycles. The van der Waals surface area contributed by atoms with Gasteiger partial charge in [-0.15, -0.1) is 0 Å². The Labute approximate surface area is 119 Å². The summed E-state index contributed by atoms with van der Waals surface area (Å²) in [4.78, 5) is 11.7. The van der Waals surface area contributed by atoms with E-state index in [2.05, 4.69) is 35.6 Å². The Bertz CT molecular complexity index is 643. The molecule has 3 heteroatoms. The van der Waals surface area contributed by atoms with E-state index in [-0.39, 0.29) is 5.91 Å². The molecule has 0 fully saturated rings. The number of benzene rings is 2. The number of fused-ring (bicyclic) bond motifs is 1. The van der Waals surface area contributed by atoms with Gasteiger partial charge in [-0.3, -0.25) is 4.79 Å². The highest BCUT2D eigenvalue weighted by atomic mass is 16.1. The van der Waals surface area contributed by atoms with Crippen LogP contribution >= 0.6 is 0 Å². The number of hydrogen-bond acceptors (Lipinski definition) is 2. The first-order chi connectivity index (χ1) is 9.74. The highest BCUT2D eigenvalue weighted by Crippen LogP contribution is 2.15. The largest absolute Gasteiger partial charge is 0.355 e. The smallest absolute Gasteiger partial charge is 0.237 e. The van der Waals surface area contributed by atoms with Gasteiger partial charge in [0, 0.05) is 6.54 Å². The molecule has 0 spiro atoms. The molecule has 0 aliphatic rings. The summed E-state index contributed by atoms with van der Waals surface area (Å²) in [6, 6.07) is 16.5. The van der Waals surface area contributed by atoms with Crippen molar-refractivity contribution in [2.24, 2.45) is 5.92 Å². The van der Waals surface area contributed by atoms with Gasteiger partial charge in [-0.05, 0) is 29.2 Å². The minimum Gasteiger partial charge on any atom is -0.355 e. The zero-order valence-electron chi connectivity index (χ0n) is 11.6. The van der Waals surface area contributed by atoms with Crippen LogP contribution in [0.25, 0.3) is 10.8 Å².